The Morgan fingerprint density at radius 3 is 2.67 bits per heavy atom. The highest BCUT2D eigenvalue weighted by Crippen LogP contribution is 2.18. The number of halogens is 1. The molecule has 2 aromatic heterocycles. The molecule has 2 heterocycles. The highest BCUT2D eigenvalue weighted by Gasteiger charge is 2.09. The average Bonchev–Trinajstić information content (AvgIpc) is 2.61. The summed E-state index contributed by atoms with van der Waals surface area (Å²) in [6.45, 7) is 0. The minimum Gasteiger partial charge on any atom is -0.357 e. The maximum atomic E-state index is 5.75. The molecule has 0 amide bonds. The molecule has 0 saturated carbocycles. The Kier molecular flexibility index (Phi) is 2.55. The van der Waals surface area contributed by atoms with Crippen LogP contribution in [-0.4, -0.2) is 26.8 Å². The molecule has 0 saturated heterocycles. The van der Waals surface area contributed by atoms with E-state index in [2.05, 4.69) is 20.5 Å². The molecule has 0 aliphatic heterocycles. The zero-order valence-corrected chi connectivity index (χ0v) is 9.15. The molecule has 0 radical (unpaired) electrons. The van der Waals surface area contributed by atoms with Gasteiger partial charge in [0.05, 0.1) is 5.02 Å². The zero-order valence-electron chi connectivity index (χ0n) is 8.40. The highest BCUT2D eigenvalue weighted by atomic mass is 35.5. The van der Waals surface area contributed by atoms with Crippen molar-refractivity contribution in [3.63, 3.8) is 0 Å². The van der Waals surface area contributed by atoms with E-state index in [0.29, 0.717) is 16.8 Å². The number of pyridine rings is 1. The molecular weight excluding hydrogens is 214 g/mol. The largest absolute Gasteiger partial charge is 0.357 e. The predicted molar refractivity (Wildman–Crippen MR) is 58.8 cm³/mol. The molecule has 0 bridgehead atoms. The van der Waals surface area contributed by atoms with Gasteiger partial charge in [-0.25, -0.2) is 0 Å². The number of nitrogens with one attached hydrogen (secondary N) is 1. The number of hydrogen-bond acceptors (Lipinski definition) is 4. The Bertz CT molecular complexity index is 462. The molecule has 0 fully saturated rings. The van der Waals surface area contributed by atoms with E-state index in [-0.39, 0.29) is 0 Å². The van der Waals surface area contributed by atoms with Crippen molar-refractivity contribution in [2.45, 2.75) is 0 Å². The Morgan fingerprint density at radius 1 is 1.33 bits per heavy atom. The molecule has 6 heteroatoms. The summed E-state index contributed by atoms with van der Waals surface area (Å²) in [5.41, 5.74) is 0.746. The molecule has 0 atom stereocenters. The van der Waals surface area contributed by atoms with Gasteiger partial charge >= 0.3 is 0 Å². The van der Waals surface area contributed by atoms with Crippen LogP contribution in [0.5, 0.6) is 0 Å². The molecule has 0 aliphatic rings. The van der Waals surface area contributed by atoms with Crippen molar-refractivity contribution in [3.8, 4) is 11.5 Å². The van der Waals surface area contributed by atoms with Crippen molar-refractivity contribution in [3.05, 3.63) is 23.4 Å². The third kappa shape index (κ3) is 1.78. The molecule has 15 heavy (non-hydrogen) atoms. The summed E-state index contributed by atoms with van der Waals surface area (Å²) in [5.74, 6) is 1.40. The minimum atomic E-state index is 0.606. The third-order valence-electron chi connectivity index (χ3n) is 2.05. The lowest BCUT2D eigenvalue weighted by Gasteiger charge is -2.02. The summed E-state index contributed by atoms with van der Waals surface area (Å²) in [6.07, 6.45) is 1.59. The smallest absolute Gasteiger partial charge is 0.224 e. The fourth-order valence-electron chi connectivity index (χ4n) is 1.28. The first-order chi connectivity index (χ1) is 7.22. The van der Waals surface area contributed by atoms with E-state index < -0.39 is 0 Å². The second-order valence-corrected chi connectivity index (χ2v) is 3.45. The maximum Gasteiger partial charge on any atom is 0.224 e. The lowest BCUT2D eigenvalue weighted by molar-refractivity contribution is 0.919. The van der Waals surface area contributed by atoms with Gasteiger partial charge in [0, 0.05) is 20.3 Å². The van der Waals surface area contributed by atoms with Crippen LogP contribution in [0.1, 0.15) is 0 Å². The fraction of sp³-hybridized carbons (Fsp3) is 0.222. The minimum absolute atomic E-state index is 0.606. The van der Waals surface area contributed by atoms with Gasteiger partial charge in [-0.15, -0.1) is 10.2 Å². The van der Waals surface area contributed by atoms with Crippen molar-refractivity contribution in [1.29, 1.82) is 0 Å². The van der Waals surface area contributed by atoms with Crippen LogP contribution in [0.15, 0.2) is 18.3 Å². The summed E-state index contributed by atoms with van der Waals surface area (Å²) in [7, 11) is 3.67. The van der Waals surface area contributed by atoms with E-state index in [9.17, 15) is 0 Å². The summed E-state index contributed by atoms with van der Waals surface area (Å²) >= 11 is 5.75. The van der Waals surface area contributed by atoms with E-state index in [4.69, 9.17) is 11.6 Å². The number of nitrogens with zero attached hydrogens (tertiary/aromatic N) is 4. The molecular formula is C9H10ClN5. The van der Waals surface area contributed by atoms with Gasteiger partial charge in [0.15, 0.2) is 5.82 Å². The first kappa shape index (κ1) is 9.92. The van der Waals surface area contributed by atoms with Gasteiger partial charge in [-0.1, -0.05) is 11.6 Å². The van der Waals surface area contributed by atoms with Gasteiger partial charge in [0.25, 0.3) is 0 Å². The standard InChI is InChI=1S/C9H10ClN5/c1-11-9-14-13-8(15(9)2)7-4-3-6(10)5-12-7/h3-5H,1-2H3,(H,11,14). The third-order valence-corrected chi connectivity index (χ3v) is 2.28. The van der Waals surface area contributed by atoms with Gasteiger partial charge in [0.2, 0.25) is 5.95 Å². The SMILES string of the molecule is CNc1nnc(-c2ccc(Cl)cn2)n1C. The molecule has 0 spiro atoms. The van der Waals surface area contributed by atoms with E-state index in [0.717, 1.165) is 5.69 Å². The lowest BCUT2D eigenvalue weighted by Crippen LogP contribution is -2.00. The molecule has 0 aliphatic carbocycles. The normalized spacial score (nSPS) is 10.3. The summed E-state index contributed by atoms with van der Waals surface area (Å²) in [5, 5.41) is 11.5. The molecule has 0 unspecified atom stereocenters. The van der Waals surface area contributed by atoms with Gasteiger partial charge in [-0.3, -0.25) is 9.55 Å². The second-order valence-electron chi connectivity index (χ2n) is 3.02. The van der Waals surface area contributed by atoms with Crippen LogP contribution in [0.3, 0.4) is 0 Å². The first-order valence-corrected chi connectivity index (χ1v) is 4.79. The van der Waals surface area contributed by atoms with Crippen molar-refractivity contribution in [1.82, 2.24) is 19.7 Å². The maximum absolute atomic E-state index is 5.75. The van der Waals surface area contributed by atoms with Crippen molar-refractivity contribution >= 4 is 17.5 Å². The van der Waals surface area contributed by atoms with E-state index in [1.165, 1.54) is 0 Å². The van der Waals surface area contributed by atoms with Gasteiger partial charge in [0.1, 0.15) is 5.69 Å². The molecule has 5 nitrogen and oxygen atoms in total. The van der Waals surface area contributed by atoms with Gasteiger partial charge in [-0.05, 0) is 12.1 Å². The molecule has 0 aromatic carbocycles. The number of rotatable bonds is 2. The van der Waals surface area contributed by atoms with Crippen LogP contribution in [-0.2, 0) is 7.05 Å². The van der Waals surface area contributed by atoms with Gasteiger partial charge in [-0.2, -0.15) is 0 Å². The Labute approximate surface area is 92.1 Å². The summed E-state index contributed by atoms with van der Waals surface area (Å²) in [6, 6.07) is 3.59. The van der Waals surface area contributed by atoms with Crippen LogP contribution in [0.2, 0.25) is 5.02 Å². The Balaban J connectivity index is 2.45. The molecule has 1 N–H and O–H groups in total. The van der Waals surface area contributed by atoms with Crippen molar-refractivity contribution < 1.29 is 0 Å². The highest BCUT2D eigenvalue weighted by molar-refractivity contribution is 6.30. The average molecular weight is 224 g/mol. The molecule has 2 aromatic rings. The number of aromatic nitrogens is 4. The number of hydrogen-bond donors (Lipinski definition) is 1. The Morgan fingerprint density at radius 2 is 2.13 bits per heavy atom. The lowest BCUT2D eigenvalue weighted by atomic mass is 10.3. The van der Waals surface area contributed by atoms with Crippen LogP contribution in [0.25, 0.3) is 11.5 Å². The van der Waals surface area contributed by atoms with E-state index in [1.54, 1.807) is 19.3 Å². The Hall–Kier alpha value is -1.62. The predicted octanol–water partition coefficient (Wildman–Crippen LogP) is 1.57. The van der Waals surface area contributed by atoms with Crippen LogP contribution < -0.4 is 5.32 Å². The fourth-order valence-corrected chi connectivity index (χ4v) is 1.39. The van der Waals surface area contributed by atoms with Gasteiger partial charge < -0.3 is 5.32 Å². The molecule has 78 valence electrons. The monoisotopic (exact) mass is 223 g/mol. The van der Waals surface area contributed by atoms with Crippen molar-refractivity contribution in [2.75, 3.05) is 12.4 Å². The van der Waals surface area contributed by atoms with Crippen molar-refractivity contribution in [2.24, 2.45) is 7.05 Å². The van der Waals surface area contributed by atoms with Crippen LogP contribution in [0, 0.1) is 0 Å². The second kappa shape index (κ2) is 3.86. The summed E-state index contributed by atoms with van der Waals surface area (Å²) in [4.78, 5) is 4.17. The zero-order chi connectivity index (χ0) is 10.8. The summed E-state index contributed by atoms with van der Waals surface area (Å²) < 4.78 is 1.83. The van der Waals surface area contributed by atoms with Crippen LogP contribution in [0.4, 0.5) is 5.95 Å². The van der Waals surface area contributed by atoms with E-state index in [1.807, 2.05) is 17.7 Å². The topological polar surface area (TPSA) is 55.6 Å². The molecule has 2 rings (SSSR count). The van der Waals surface area contributed by atoms with E-state index >= 15 is 0 Å². The van der Waals surface area contributed by atoms with Crippen LogP contribution >= 0.6 is 11.6 Å². The number of anilines is 1. The first-order valence-electron chi connectivity index (χ1n) is 4.41. The quantitative estimate of drug-likeness (QED) is 0.840.